The number of ketones is 1. The Morgan fingerprint density at radius 1 is 0.827 bits per heavy atom. The Morgan fingerprint density at radius 3 is 2.23 bits per heavy atom. The van der Waals surface area contributed by atoms with Crippen LogP contribution < -0.4 is 32.7 Å². The molecule has 0 spiro atoms. The van der Waals surface area contributed by atoms with Crippen molar-refractivity contribution in [3.63, 3.8) is 0 Å². The van der Waals surface area contributed by atoms with E-state index in [4.69, 9.17) is 5.73 Å². The first-order valence-corrected chi connectivity index (χ1v) is 29.1. The first-order chi connectivity index (χ1) is 38.6. The number of amides is 8. The second-order valence-corrected chi connectivity index (χ2v) is 24.6. The van der Waals surface area contributed by atoms with Gasteiger partial charge in [-0.15, -0.1) is 0 Å². The Bertz CT molecular complexity index is 3570. The number of aromatic nitrogens is 3. The number of aryl methyl sites for hydroxylation is 1. The fourth-order valence-corrected chi connectivity index (χ4v) is 12.6. The number of H-pyrrole nitrogens is 1. The molecular weight excluding hydrogens is 1060 g/mol. The number of allylic oxidation sites excluding steroid dienone is 1. The average molecular weight is 1130 g/mol. The summed E-state index contributed by atoms with van der Waals surface area (Å²) in [6.07, 6.45) is 6.25. The lowest BCUT2D eigenvalue weighted by atomic mass is 9.78. The largest absolute Gasteiger partial charge is 0.370 e. The summed E-state index contributed by atoms with van der Waals surface area (Å²) >= 11 is 0. The molecule has 81 heavy (non-hydrogen) atoms. The van der Waals surface area contributed by atoms with E-state index >= 15 is 4.79 Å². The number of sulfone groups is 1. The van der Waals surface area contributed by atoms with E-state index in [0.29, 0.717) is 44.7 Å². The second-order valence-electron chi connectivity index (χ2n) is 22.1. The molecule has 9 rings (SSSR count). The standard InChI is InChI=1S/C58H68N10O12S/c1-32(2)81(79,80)41-14-9-36(10-15-41)30-60-53(73)43(17-21-50(59)70)62-55(75)47-19-13-40-23-24-66(31-45(57(77)67(40)47)63-54(74)44-29-39-28-38(33(3)69)12-16-42(39)61-44)52(72)27-35-7-5-34(6-8-35)25-37-11-18-46-49(26-37)65(4)58(78)68(46)48-20-22-51(71)64-56(48)76/h9-12,14-16,18,23,26,28-29,32,34-35,43,45,47-48,61H,5-8,13,17,19-22,24-25,27,30-31H2,1-4H3,(H2,59,70)(H,60,73)(H,62,75)(H,63,74)(H,64,71,76)/b40-23-/t34?,35?,43-,45-,47-,48?/m0/s1. The number of hydrogen-bond donors (Lipinski definition) is 6. The van der Waals surface area contributed by atoms with E-state index in [0.717, 1.165) is 37.7 Å². The molecule has 1 aliphatic carbocycles. The maximum absolute atomic E-state index is 15.0. The molecule has 4 atom stereocenters. The van der Waals surface area contributed by atoms with Gasteiger partial charge in [-0.2, -0.15) is 0 Å². The number of hydrogen-bond acceptors (Lipinski definition) is 12. The number of piperidine rings is 1. The van der Waals surface area contributed by atoms with Crippen LogP contribution >= 0.6 is 0 Å². The van der Waals surface area contributed by atoms with Crippen molar-refractivity contribution in [2.24, 2.45) is 24.6 Å². The summed E-state index contributed by atoms with van der Waals surface area (Å²) in [7, 11) is -1.87. The molecule has 22 nitrogen and oxygen atoms in total. The highest BCUT2D eigenvalue weighted by Gasteiger charge is 2.44. The zero-order valence-electron chi connectivity index (χ0n) is 45.7. The minimum absolute atomic E-state index is 0.0349. The molecule has 0 bridgehead atoms. The molecular formula is C58H68N10O12S. The lowest BCUT2D eigenvalue weighted by molar-refractivity contribution is -0.141. The summed E-state index contributed by atoms with van der Waals surface area (Å²) < 4.78 is 28.3. The molecule has 1 unspecified atom stereocenters. The van der Waals surface area contributed by atoms with Crippen LogP contribution in [0.15, 0.2) is 88.2 Å². The van der Waals surface area contributed by atoms with Gasteiger partial charge in [0.1, 0.15) is 29.9 Å². The number of carbonyl (C=O) groups is 9. The van der Waals surface area contributed by atoms with Crippen molar-refractivity contribution in [1.29, 1.82) is 0 Å². The lowest BCUT2D eigenvalue weighted by Gasteiger charge is -2.36. The molecule has 8 amide bonds. The first-order valence-electron chi connectivity index (χ1n) is 27.5. The Morgan fingerprint density at radius 2 is 1.54 bits per heavy atom. The minimum Gasteiger partial charge on any atom is -0.370 e. The van der Waals surface area contributed by atoms with Crippen molar-refractivity contribution >= 4 is 84.8 Å². The molecule has 0 radical (unpaired) electrons. The summed E-state index contributed by atoms with van der Waals surface area (Å²) in [5.41, 5.74) is 9.60. The van der Waals surface area contributed by atoms with Crippen LogP contribution in [0, 0.1) is 11.8 Å². The van der Waals surface area contributed by atoms with E-state index in [1.54, 1.807) is 68.3 Å². The topological polar surface area (TPSA) is 311 Å². The van der Waals surface area contributed by atoms with Crippen LogP contribution in [-0.2, 0) is 63.4 Å². The molecule has 3 fully saturated rings. The Balaban J connectivity index is 0.886. The van der Waals surface area contributed by atoms with Crippen molar-refractivity contribution in [2.45, 2.75) is 139 Å². The highest BCUT2D eigenvalue weighted by Crippen LogP contribution is 2.35. The number of rotatable bonds is 18. The van der Waals surface area contributed by atoms with Crippen LogP contribution in [-0.4, -0.2) is 122 Å². The number of nitrogens with two attached hydrogens (primary N) is 1. The SMILES string of the molecule is CC(=O)c1ccc2[nH]c(C(=O)N[C@H]3CN(C(=O)CC4CCC(Cc5ccc6c(c5)n(C)c(=O)n6C5CCC(=O)NC5=O)CC4)C/C=C4/CC[C@@H](C(=O)N[C@@H](CCC(N)=O)C(=O)NCc5ccc(S(=O)(=O)C(C)C)cc5)N4C3=O)cc2c1. The molecule has 5 aromatic rings. The summed E-state index contributed by atoms with van der Waals surface area (Å²) in [6.45, 7) is 4.39. The molecule has 23 heteroatoms. The van der Waals surface area contributed by atoms with E-state index in [9.17, 15) is 51.6 Å². The summed E-state index contributed by atoms with van der Waals surface area (Å²) in [4.78, 5) is 140. The number of primary amides is 1. The highest BCUT2D eigenvalue weighted by atomic mass is 32.2. The van der Waals surface area contributed by atoms with Crippen LogP contribution in [0.3, 0.4) is 0 Å². The third-order valence-electron chi connectivity index (χ3n) is 16.3. The molecule has 3 aromatic carbocycles. The van der Waals surface area contributed by atoms with Crippen molar-refractivity contribution in [3.8, 4) is 0 Å². The number of fused-ring (bicyclic) bond motifs is 3. The predicted molar refractivity (Wildman–Crippen MR) is 297 cm³/mol. The van der Waals surface area contributed by atoms with Gasteiger partial charge < -0.3 is 36.5 Å². The Labute approximate surface area is 467 Å². The number of Topliss-reactive ketones (excluding diaryl/α,β-unsaturated/α-hetero) is 1. The number of carbonyl (C=O) groups excluding carboxylic acids is 9. The minimum atomic E-state index is -3.53. The number of nitrogens with one attached hydrogen (secondary N) is 5. The fourth-order valence-electron chi connectivity index (χ4n) is 11.6. The van der Waals surface area contributed by atoms with Gasteiger partial charge in [0.25, 0.3) is 11.8 Å². The molecule has 428 valence electrons. The predicted octanol–water partition coefficient (Wildman–Crippen LogP) is 3.51. The van der Waals surface area contributed by atoms with Gasteiger partial charge >= 0.3 is 5.69 Å². The lowest BCUT2D eigenvalue weighted by Crippen LogP contribution is -2.59. The summed E-state index contributed by atoms with van der Waals surface area (Å²) in [5, 5.41) is 10.6. The monoisotopic (exact) mass is 1130 g/mol. The number of aromatic amines is 1. The van der Waals surface area contributed by atoms with Gasteiger partial charge in [0.15, 0.2) is 15.6 Å². The number of benzene rings is 3. The Kier molecular flexibility index (Phi) is 16.9. The van der Waals surface area contributed by atoms with Crippen molar-refractivity contribution in [3.05, 3.63) is 111 Å². The van der Waals surface area contributed by atoms with Gasteiger partial charge in [-0.3, -0.25) is 57.6 Å². The smallest absolute Gasteiger partial charge is 0.329 e. The Hall–Kier alpha value is -8.21. The number of nitrogens with zero attached hydrogens (tertiary/aromatic N) is 4. The van der Waals surface area contributed by atoms with E-state index in [-0.39, 0.29) is 104 Å². The molecule has 1 saturated carbocycles. The van der Waals surface area contributed by atoms with Crippen molar-refractivity contribution in [2.75, 3.05) is 13.1 Å². The average Bonchev–Trinajstić information content (AvgIpc) is 4.16. The normalized spacial score (nSPS) is 21.6. The van der Waals surface area contributed by atoms with Gasteiger partial charge in [-0.1, -0.05) is 18.2 Å². The van der Waals surface area contributed by atoms with Crippen molar-refractivity contribution in [1.82, 2.24) is 45.2 Å². The van der Waals surface area contributed by atoms with E-state index in [2.05, 4.69) is 26.3 Å². The third kappa shape index (κ3) is 12.6. The molecule has 4 aliphatic rings. The fraction of sp³-hybridized carbons (Fsp3) is 0.448. The maximum atomic E-state index is 15.0. The molecule has 2 aromatic heterocycles. The molecule has 7 N–H and O–H groups in total. The first kappa shape index (κ1) is 57.5. The van der Waals surface area contributed by atoms with Gasteiger partial charge in [0, 0.05) is 61.6 Å². The molecule has 3 aliphatic heterocycles. The second kappa shape index (κ2) is 23.9. The zero-order chi connectivity index (χ0) is 58.0. The van der Waals surface area contributed by atoms with Crippen LogP contribution in [0.4, 0.5) is 0 Å². The van der Waals surface area contributed by atoms with Crippen LogP contribution in [0.1, 0.15) is 129 Å². The number of imide groups is 1. The number of imidazole rings is 1. The quantitative estimate of drug-likeness (QED) is 0.0543. The van der Waals surface area contributed by atoms with Gasteiger partial charge in [0.05, 0.1) is 27.7 Å². The highest BCUT2D eigenvalue weighted by molar-refractivity contribution is 7.92. The van der Waals surface area contributed by atoms with E-state index in [1.165, 1.54) is 33.1 Å². The molecule has 2 saturated heterocycles. The maximum Gasteiger partial charge on any atom is 0.329 e. The van der Waals surface area contributed by atoms with E-state index < -0.39 is 74.7 Å². The van der Waals surface area contributed by atoms with Crippen molar-refractivity contribution < 1.29 is 51.6 Å². The van der Waals surface area contributed by atoms with Gasteiger partial charge in [0.2, 0.25) is 35.4 Å². The molecule has 5 heterocycles. The summed E-state index contributed by atoms with van der Waals surface area (Å²) in [6, 6.07) is 13.8. The third-order valence-corrected chi connectivity index (χ3v) is 18.5. The summed E-state index contributed by atoms with van der Waals surface area (Å²) in [5.74, 6) is -4.26. The van der Waals surface area contributed by atoms with Crippen LogP contribution in [0.25, 0.3) is 21.9 Å². The van der Waals surface area contributed by atoms with Gasteiger partial charge in [-0.25, -0.2) is 13.2 Å². The van der Waals surface area contributed by atoms with Crippen LogP contribution in [0.5, 0.6) is 0 Å². The zero-order valence-corrected chi connectivity index (χ0v) is 46.6. The van der Waals surface area contributed by atoms with Crippen LogP contribution in [0.2, 0.25) is 0 Å². The van der Waals surface area contributed by atoms with Gasteiger partial charge in [-0.05, 0) is 156 Å². The van der Waals surface area contributed by atoms with E-state index in [1.807, 2.05) is 18.2 Å².